The van der Waals surface area contributed by atoms with Gasteiger partial charge in [0, 0.05) is 5.56 Å². The third-order valence-electron chi connectivity index (χ3n) is 2.61. The molecule has 0 heterocycles. The average molecular weight is 269 g/mol. The van der Waals surface area contributed by atoms with Crippen LogP contribution in [0.4, 0.5) is 8.78 Å². The summed E-state index contributed by atoms with van der Waals surface area (Å²) >= 11 is 0. The Kier molecular flexibility index (Phi) is 5.24. The summed E-state index contributed by atoms with van der Waals surface area (Å²) in [5.74, 6) is -0.794. The molecule has 0 aliphatic rings. The summed E-state index contributed by atoms with van der Waals surface area (Å²) in [5.41, 5.74) is 0.989. The van der Waals surface area contributed by atoms with E-state index in [1.165, 1.54) is 19.2 Å². The van der Waals surface area contributed by atoms with Gasteiger partial charge in [-0.1, -0.05) is 13.0 Å². The van der Waals surface area contributed by atoms with Crippen molar-refractivity contribution in [2.24, 2.45) is 0 Å². The van der Waals surface area contributed by atoms with Gasteiger partial charge in [-0.25, -0.2) is 0 Å². The van der Waals surface area contributed by atoms with Gasteiger partial charge in [0.1, 0.15) is 5.75 Å². The Balaban J connectivity index is 3.31. The number of methoxy groups -OCH3 is 1. The van der Waals surface area contributed by atoms with E-state index in [2.05, 4.69) is 9.47 Å². The summed E-state index contributed by atoms with van der Waals surface area (Å²) in [6.45, 7) is -1.19. The molecule has 0 amide bonds. The highest BCUT2D eigenvalue weighted by Crippen LogP contribution is 2.28. The zero-order valence-electron chi connectivity index (χ0n) is 10.6. The lowest BCUT2D eigenvalue weighted by molar-refractivity contribution is -0.139. The number of hydrogen-bond acceptors (Lipinski definition) is 4. The van der Waals surface area contributed by atoms with E-state index >= 15 is 0 Å². The molecule has 0 spiro atoms. The summed E-state index contributed by atoms with van der Waals surface area (Å²) in [6, 6.07) is 4.80. The van der Waals surface area contributed by atoms with Crippen LogP contribution in [-0.4, -0.2) is 19.7 Å². The first kappa shape index (κ1) is 14.9. The Hall–Kier alpha value is -2.16. The predicted octanol–water partition coefficient (Wildman–Crippen LogP) is 2.44. The Morgan fingerprint density at radius 3 is 2.63 bits per heavy atom. The molecule has 1 aromatic carbocycles. The maximum atomic E-state index is 12.3. The summed E-state index contributed by atoms with van der Waals surface area (Å²) in [4.78, 5) is 11.3. The maximum Gasteiger partial charge on any atom is 0.387 e. The molecule has 0 saturated carbocycles. The van der Waals surface area contributed by atoms with E-state index in [-0.39, 0.29) is 23.3 Å². The average Bonchev–Trinajstić information content (AvgIpc) is 2.39. The molecular formula is C13H13F2NO3. The van der Waals surface area contributed by atoms with Gasteiger partial charge in [0.15, 0.2) is 0 Å². The number of hydrogen-bond donors (Lipinski definition) is 0. The van der Waals surface area contributed by atoms with Crippen molar-refractivity contribution >= 4 is 5.97 Å². The van der Waals surface area contributed by atoms with Crippen LogP contribution in [0.25, 0.3) is 0 Å². The number of carbonyl (C=O) groups excluding carboxylic acids is 1. The van der Waals surface area contributed by atoms with Crippen LogP contribution in [0.1, 0.15) is 23.6 Å². The monoisotopic (exact) mass is 269 g/mol. The second-order valence-corrected chi connectivity index (χ2v) is 3.67. The lowest BCUT2D eigenvalue weighted by Gasteiger charge is -2.13. The van der Waals surface area contributed by atoms with Crippen LogP contribution >= 0.6 is 0 Å². The van der Waals surface area contributed by atoms with Gasteiger partial charge in [-0.3, -0.25) is 4.79 Å². The molecule has 0 bridgehead atoms. The number of nitrogens with zero attached hydrogens (tertiary/aromatic N) is 1. The van der Waals surface area contributed by atoms with Gasteiger partial charge in [-0.2, -0.15) is 14.0 Å². The predicted molar refractivity (Wildman–Crippen MR) is 62.9 cm³/mol. The highest BCUT2D eigenvalue weighted by atomic mass is 19.3. The van der Waals surface area contributed by atoms with Crippen molar-refractivity contribution in [1.82, 2.24) is 0 Å². The van der Waals surface area contributed by atoms with Gasteiger partial charge in [-0.15, -0.1) is 0 Å². The number of alkyl halides is 2. The van der Waals surface area contributed by atoms with Crippen LogP contribution in [0.3, 0.4) is 0 Å². The molecule has 0 aliphatic heterocycles. The molecule has 0 aromatic heterocycles. The van der Waals surface area contributed by atoms with E-state index < -0.39 is 12.6 Å². The Bertz CT molecular complexity index is 509. The number of benzene rings is 1. The van der Waals surface area contributed by atoms with Crippen LogP contribution in [0.2, 0.25) is 0 Å². The zero-order valence-corrected chi connectivity index (χ0v) is 10.6. The largest absolute Gasteiger partial charge is 0.469 e. The molecule has 4 nitrogen and oxygen atoms in total. The lowest BCUT2D eigenvalue weighted by atomic mass is 9.97. The van der Waals surface area contributed by atoms with Crippen molar-refractivity contribution in [3.8, 4) is 11.8 Å². The van der Waals surface area contributed by atoms with Crippen LogP contribution < -0.4 is 4.74 Å². The molecule has 0 atom stereocenters. The molecule has 1 rings (SSSR count). The molecule has 0 N–H and O–H groups in total. The summed E-state index contributed by atoms with van der Waals surface area (Å²) in [5, 5.41) is 9.13. The van der Waals surface area contributed by atoms with Gasteiger partial charge < -0.3 is 9.47 Å². The second kappa shape index (κ2) is 6.69. The van der Waals surface area contributed by atoms with Gasteiger partial charge in [0.2, 0.25) is 0 Å². The first-order valence-corrected chi connectivity index (χ1v) is 5.59. The normalized spacial score (nSPS) is 10.1. The summed E-state index contributed by atoms with van der Waals surface area (Å²) < 4.78 is 33.5. The highest BCUT2D eigenvalue weighted by Gasteiger charge is 2.19. The number of ether oxygens (including phenoxy) is 2. The quantitative estimate of drug-likeness (QED) is 0.770. The van der Waals surface area contributed by atoms with Crippen molar-refractivity contribution in [3.63, 3.8) is 0 Å². The first-order chi connectivity index (χ1) is 9.03. The Morgan fingerprint density at radius 1 is 1.47 bits per heavy atom. The minimum absolute atomic E-state index is 0.133. The molecule has 6 heteroatoms. The topological polar surface area (TPSA) is 59.3 Å². The fourth-order valence-electron chi connectivity index (χ4n) is 1.71. The van der Waals surface area contributed by atoms with E-state index in [1.807, 2.05) is 13.0 Å². The third-order valence-corrected chi connectivity index (χ3v) is 2.61. The van der Waals surface area contributed by atoms with Gasteiger partial charge in [0.05, 0.1) is 25.2 Å². The highest BCUT2D eigenvalue weighted by molar-refractivity contribution is 5.75. The SMILES string of the molecule is CCc1ccc(OC(F)F)c(CC(=O)OC)c1C#N. The van der Waals surface area contributed by atoms with Crippen LogP contribution in [0.15, 0.2) is 12.1 Å². The van der Waals surface area contributed by atoms with Crippen molar-refractivity contribution < 1.29 is 23.0 Å². The number of esters is 1. The van der Waals surface area contributed by atoms with Crippen molar-refractivity contribution in [2.75, 3.05) is 7.11 Å². The lowest BCUT2D eigenvalue weighted by Crippen LogP contribution is -2.12. The van der Waals surface area contributed by atoms with E-state index in [0.29, 0.717) is 12.0 Å². The minimum Gasteiger partial charge on any atom is -0.469 e. The number of aryl methyl sites for hydroxylation is 1. The molecule has 1 aromatic rings. The van der Waals surface area contributed by atoms with Gasteiger partial charge >= 0.3 is 12.6 Å². The number of carbonyl (C=O) groups is 1. The van der Waals surface area contributed by atoms with Gasteiger partial charge in [0.25, 0.3) is 0 Å². The second-order valence-electron chi connectivity index (χ2n) is 3.67. The van der Waals surface area contributed by atoms with Crippen LogP contribution in [-0.2, 0) is 22.4 Å². The fraction of sp³-hybridized carbons (Fsp3) is 0.385. The van der Waals surface area contributed by atoms with Crippen LogP contribution in [0.5, 0.6) is 5.75 Å². The van der Waals surface area contributed by atoms with E-state index in [1.54, 1.807) is 0 Å². The summed E-state index contributed by atoms with van der Waals surface area (Å²) in [6.07, 6.45) is 0.265. The van der Waals surface area contributed by atoms with Crippen LogP contribution in [0, 0.1) is 11.3 Å². The fourth-order valence-corrected chi connectivity index (χ4v) is 1.71. The van der Waals surface area contributed by atoms with E-state index in [0.717, 1.165) is 0 Å². The van der Waals surface area contributed by atoms with Crippen molar-refractivity contribution in [1.29, 1.82) is 5.26 Å². The minimum atomic E-state index is -3.02. The number of nitriles is 1. The Labute approximate surface area is 109 Å². The Morgan fingerprint density at radius 2 is 2.16 bits per heavy atom. The van der Waals surface area contributed by atoms with E-state index in [9.17, 15) is 13.6 Å². The van der Waals surface area contributed by atoms with E-state index in [4.69, 9.17) is 5.26 Å². The molecule has 0 radical (unpaired) electrons. The first-order valence-electron chi connectivity index (χ1n) is 5.59. The molecule has 0 aliphatic carbocycles. The number of halogens is 2. The molecule has 19 heavy (non-hydrogen) atoms. The maximum absolute atomic E-state index is 12.3. The summed E-state index contributed by atoms with van der Waals surface area (Å²) in [7, 11) is 1.19. The molecule has 0 saturated heterocycles. The van der Waals surface area contributed by atoms with Gasteiger partial charge in [-0.05, 0) is 18.1 Å². The zero-order chi connectivity index (χ0) is 14.4. The third kappa shape index (κ3) is 3.65. The molecule has 0 unspecified atom stereocenters. The molecular weight excluding hydrogens is 256 g/mol. The van der Waals surface area contributed by atoms with Crippen molar-refractivity contribution in [3.05, 3.63) is 28.8 Å². The standard InChI is InChI=1S/C13H13F2NO3/c1-3-8-4-5-11(19-13(14)15)9(10(8)7-16)6-12(17)18-2/h4-5,13H,3,6H2,1-2H3. The molecule has 0 fully saturated rings. The number of rotatable bonds is 5. The van der Waals surface area contributed by atoms with Crippen molar-refractivity contribution in [2.45, 2.75) is 26.4 Å². The smallest absolute Gasteiger partial charge is 0.387 e. The molecule has 102 valence electrons.